The van der Waals surface area contributed by atoms with Crippen LogP contribution in [0, 0.1) is 6.92 Å². The molecule has 0 heterocycles. The molecule has 0 aliphatic rings. The molecular formula is C18H23NO5S. The van der Waals surface area contributed by atoms with Crippen LogP contribution in [0.5, 0.6) is 17.2 Å². The third-order valence-corrected chi connectivity index (χ3v) is 5.45. The third kappa shape index (κ3) is 4.43. The summed E-state index contributed by atoms with van der Waals surface area (Å²) in [6, 6.07) is 10.6. The van der Waals surface area contributed by atoms with Gasteiger partial charge in [0.25, 0.3) is 0 Å². The first kappa shape index (κ1) is 19.1. The van der Waals surface area contributed by atoms with Gasteiger partial charge in [-0.05, 0) is 36.6 Å². The molecular weight excluding hydrogens is 342 g/mol. The van der Waals surface area contributed by atoms with Gasteiger partial charge in [-0.3, -0.25) is 0 Å². The van der Waals surface area contributed by atoms with Crippen LogP contribution in [0.15, 0.2) is 41.3 Å². The van der Waals surface area contributed by atoms with E-state index in [1.165, 1.54) is 20.3 Å². The minimum absolute atomic E-state index is 0.171. The smallest absolute Gasteiger partial charge is 0.240 e. The summed E-state index contributed by atoms with van der Waals surface area (Å²) in [4.78, 5) is 0.171. The van der Waals surface area contributed by atoms with Crippen LogP contribution in [0.3, 0.4) is 0 Å². The Labute approximate surface area is 148 Å². The average Bonchev–Trinajstić information content (AvgIpc) is 2.61. The van der Waals surface area contributed by atoms with E-state index in [-0.39, 0.29) is 11.4 Å². The molecule has 6 nitrogen and oxygen atoms in total. The van der Waals surface area contributed by atoms with Crippen molar-refractivity contribution in [2.24, 2.45) is 0 Å². The average molecular weight is 365 g/mol. The highest BCUT2D eigenvalue weighted by molar-refractivity contribution is 7.89. The molecule has 2 rings (SSSR count). The van der Waals surface area contributed by atoms with Crippen molar-refractivity contribution in [3.63, 3.8) is 0 Å². The quantitative estimate of drug-likeness (QED) is 0.778. The van der Waals surface area contributed by atoms with Gasteiger partial charge in [0.15, 0.2) is 11.5 Å². The van der Waals surface area contributed by atoms with Crippen molar-refractivity contribution < 1.29 is 22.6 Å². The summed E-state index contributed by atoms with van der Waals surface area (Å²) in [5.74, 6) is 1.61. The van der Waals surface area contributed by atoms with Crippen molar-refractivity contribution in [1.29, 1.82) is 0 Å². The number of para-hydroxylation sites is 1. The summed E-state index contributed by atoms with van der Waals surface area (Å²) in [6.07, 6.45) is 0.523. The van der Waals surface area contributed by atoms with Gasteiger partial charge in [0, 0.05) is 12.6 Å². The zero-order valence-electron chi connectivity index (χ0n) is 14.8. The van der Waals surface area contributed by atoms with Gasteiger partial charge in [0.05, 0.1) is 26.2 Å². The molecule has 0 saturated carbocycles. The number of benzene rings is 2. The van der Waals surface area contributed by atoms with E-state index < -0.39 is 10.0 Å². The lowest BCUT2D eigenvalue weighted by Gasteiger charge is -2.14. The van der Waals surface area contributed by atoms with Crippen LogP contribution in [-0.4, -0.2) is 36.3 Å². The monoisotopic (exact) mass is 365 g/mol. The van der Waals surface area contributed by atoms with Crippen LogP contribution < -0.4 is 18.9 Å². The minimum Gasteiger partial charge on any atom is -0.496 e. The van der Waals surface area contributed by atoms with Gasteiger partial charge in [-0.1, -0.05) is 18.2 Å². The Hall–Kier alpha value is -2.25. The van der Waals surface area contributed by atoms with Gasteiger partial charge in [0.2, 0.25) is 10.0 Å². The second-order valence-electron chi connectivity index (χ2n) is 5.43. The van der Waals surface area contributed by atoms with Gasteiger partial charge in [-0.2, -0.15) is 0 Å². The molecule has 2 aromatic rings. The summed E-state index contributed by atoms with van der Waals surface area (Å²) in [5.41, 5.74) is 1.53. The second kappa shape index (κ2) is 8.22. The highest BCUT2D eigenvalue weighted by Gasteiger charge is 2.20. The Balaban J connectivity index is 2.17. The van der Waals surface area contributed by atoms with E-state index in [1.54, 1.807) is 20.1 Å². The van der Waals surface area contributed by atoms with E-state index in [2.05, 4.69) is 4.72 Å². The molecule has 0 unspecified atom stereocenters. The van der Waals surface area contributed by atoms with Crippen molar-refractivity contribution in [1.82, 2.24) is 4.72 Å². The molecule has 2 aromatic carbocycles. The number of rotatable bonds is 8. The zero-order valence-corrected chi connectivity index (χ0v) is 15.6. The number of methoxy groups -OCH3 is 3. The summed E-state index contributed by atoms with van der Waals surface area (Å²) >= 11 is 0. The lowest BCUT2D eigenvalue weighted by atomic mass is 10.1. The Morgan fingerprint density at radius 2 is 1.52 bits per heavy atom. The fourth-order valence-electron chi connectivity index (χ4n) is 2.56. The molecule has 0 spiro atoms. The normalized spacial score (nSPS) is 11.2. The molecule has 7 heteroatoms. The number of nitrogens with one attached hydrogen (secondary N) is 1. The molecule has 25 heavy (non-hydrogen) atoms. The first-order chi connectivity index (χ1) is 11.9. The largest absolute Gasteiger partial charge is 0.496 e. The maximum Gasteiger partial charge on any atom is 0.240 e. The standard InChI is InChI=1S/C18H23NO5S/c1-13-11-16(23-3)17(24-4)12-18(13)25(20,21)19-10-9-14-7-5-6-8-15(14)22-2/h5-8,11-12,19H,9-10H2,1-4H3. The van der Waals surface area contributed by atoms with E-state index in [4.69, 9.17) is 14.2 Å². The van der Waals surface area contributed by atoms with E-state index in [0.29, 0.717) is 23.5 Å². The van der Waals surface area contributed by atoms with Crippen LogP contribution in [0.25, 0.3) is 0 Å². The fourth-order valence-corrected chi connectivity index (χ4v) is 3.83. The topological polar surface area (TPSA) is 73.9 Å². The van der Waals surface area contributed by atoms with Crippen LogP contribution in [-0.2, 0) is 16.4 Å². The molecule has 0 amide bonds. The molecule has 0 aliphatic heterocycles. The van der Waals surface area contributed by atoms with Crippen molar-refractivity contribution in [3.05, 3.63) is 47.5 Å². The minimum atomic E-state index is -3.66. The first-order valence-electron chi connectivity index (χ1n) is 7.77. The molecule has 0 bridgehead atoms. The van der Waals surface area contributed by atoms with E-state index in [9.17, 15) is 8.42 Å². The Bertz CT molecular complexity index is 833. The highest BCUT2D eigenvalue weighted by atomic mass is 32.2. The molecule has 1 N–H and O–H groups in total. The van der Waals surface area contributed by atoms with Crippen molar-refractivity contribution in [3.8, 4) is 17.2 Å². The number of hydrogen-bond acceptors (Lipinski definition) is 5. The van der Waals surface area contributed by atoms with Crippen molar-refractivity contribution >= 4 is 10.0 Å². The molecule has 0 atom stereocenters. The molecule has 0 radical (unpaired) electrons. The van der Waals surface area contributed by atoms with Crippen LogP contribution in [0.4, 0.5) is 0 Å². The number of sulfonamides is 1. The number of ether oxygens (including phenoxy) is 3. The molecule has 0 aliphatic carbocycles. The number of hydrogen-bond donors (Lipinski definition) is 1. The Kier molecular flexibility index (Phi) is 6.27. The summed E-state index contributed by atoms with van der Waals surface area (Å²) in [6.45, 7) is 1.98. The van der Waals surface area contributed by atoms with Gasteiger partial charge in [-0.25, -0.2) is 13.1 Å². The van der Waals surface area contributed by atoms with Crippen LogP contribution in [0.2, 0.25) is 0 Å². The van der Waals surface area contributed by atoms with Gasteiger partial charge >= 0.3 is 0 Å². The number of aryl methyl sites for hydroxylation is 1. The van der Waals surface area contributed by atoms with Gasteiger partial charge < -0.3 is 14.2 Å². The molecule has 0 fully saturated rings. The third-order valence-electron chi connectivity index (χ3n) is 3.85. The predicted molar refractivity (Wildman–Crippen MR) is 96.2 cm³/mol. The van der Waals surface area contributed by atoms with E-state index in [1.807, 2.05) is 24.3 Å². The second-order valence-corrected chi connectivity index (χ2v) is 7.17. The molecule has 136 valence electrons. The highest BCUT2D eigenvalue weighted by Crippen LogP contribution is 2.32. The maximum absolute atomic E-state index is 12.6. The maximum atomic E-state index is 12.6. The predicted octanol–water partition coefficient (Wildman–Crippen LogP) is 2.54. The van der Waals surface area contributed by atoms with E-state index in [0.717, 1.165) is 11.3 Å². The zero-order chi connectivity index (χ0) is 18.4. The van der Waals surface area contributed by atoms with Gasteiger partial charge in [0.1, 0.15) is 5.75 Å². The lowest BCUT2D eigenvalue weighted by Crippen LogP contribution is -2.26. The fraction of sp³-hybridized carbons (Fsp3) is 0.333. The van der Waals surface area contributed by atoms with Gasteiger partial charge in [-0.15, -0.1) is 0 Å². The van der Waals surface area contributed by atoms with Crippen molar-refractivity contribution in [2.45, 2.75) is 18.2 Å². The SMILES string of the molecule is COc1ccccc1CCNS(=O)(=O)c1cc(OC)c(OC)cc1C. The molecule has 0 saturated heterocycles. The Morgan fingerprint density at radius 3 is 2.16 bits per heavy atom. The van der Waals surface area contributed by atoms with Crippen molar-refractivity contribution in [2.75, 3.05) is 27.9 Å². The summed E-state index contributed by atoms with van der Waals surface area (Å²) in [7, 11) is 0.910. The first-order valence-corrected chi connectivity index (χ1v) is 9.25. The Morgan fingerprint density at radius 1 is 0.920 bits per heavy atom. The summed E-state index contributed by atoms with van der Waals surface area (Å²) < 4.78 is 43.6. The summed E-state index contributed by atoms with van der Waals surface area (Å²) in [5, 5.41) is 0. The van der Waals surface area contributed by atoms with Crippen LogP contribution in [0.1, 0.15) is 11.1 Å². The molecule has 0 aromatic heterocycles. The van der Waals surface area contributed by atoms with Crippen LogP contribution >= 0.6 is 0 Å². The van der Waals surface area contributed by atoms with E-state index >= 15 is 0 Å². The lowest BCUT2D eigenvalue weighted by molar-refractivity contribution is 0.353.